The summed E-state index contributed by atoms with van der Waals surface area (Å²) in [5.41, 5.74) is 2.06. The molecule has 3 aromatic rings. The van der Waals surface area contributed by atoms with Gasteiger partial charge in [-0.3, -0.25) is 0 Å². The molecule has 2 heterocycles. The van der Waals surface area contributed by atoms with Crippen molar-refractivity contribution in [2.75, 3.05) is 0 Å². The summed E-state index contributed by atoms with van der Waals surface area (Å²) < 4.78 is 40.8. The first-order chi connectivity index (χ1) is 12.3. The molecule has 1 aliphatic carbocycles. The molecule has 138 valence electrons. The molecule has 26 heavy (non-hydrogen) atoms. The Labute approximate surface area is 146 Å². The highest BCUT2D eigenvalue weighted by Gasteiger charge is 2.42. The van der Waals surface area contributed by atoms with Crippen molar-refractivity contribution in [3.8, 4) is 0 Å². The van der Waals surface area contributed by atoms with Gasteiger partial charge in [0.25, 0.3) is 0 Å². The van der Waals surface area contributed by atoms with Gasteiger partial charge in [0, 0.05) is 18.5 Å². The van der Waals surface area contributed by atoms with E-state index in [1.807, 2.05) is 4.57 Å². The Morgan fingerprint density at radius 3 is 2.50 bits per heavy atom. The first kappa shape index (κ1) is 16.9. The van der Waals surface area contributed by atoms with E-state index in [0.717, 1.165) is 5.52 Å². The molecular weight excluding hydrogens is 349 g/mol. The lowest BCUT2D eigenvalue weighted by atomic mass is 9.85. The number of rotatable bonds is 2. The van der Waals surface area contributed by atoms with Crippen LogP contribution in [0.2, 0.25) is 0 Å². The highest BCUT2D eigenvalue weighted by Crippen LogP contribution is 2.43. The van der Waals surface area contributed by atoms with Crippen LogP contribution in [0.3, 0.4) is 0 Å². The van der Waals surface area contributed by atoms with Crippen LogP contribution in [0.15, 0.2) is 18.2 Å². The molecule has 1 aromatic carbocycles. The fourth-order valence-corrected chi connectivity index (χ4v) is 3.95. The van der Waals surface area contributed by atoms with Crippen molar-refractivity contribution in [1.82, 2.24) is 19.6 Å². The van der Waals surface area contributed by atoms with Gasteiger partial charge < -0.3 is 9.67 Å². The van der Waals surface area contributed by atoms with Gasteiger partial charge in [0.15, 0.2) is 5.65 Å². The minimum atomic E-state index is -4.15. The average Bonchev–Trinajstić information content (AvgIpc) is 3.08. The molecule has 9 heteroatoms. The third-order valence-corrected chi connectivity index (χ3v) is 5.21. The van der Waals surface area contributed by atoms with Crippen LogP contribution in [0.1, 0.15) is 42.1 Å². The predicted octanol–water partition coefficient (Wildman–Crippen LogP) is 3.91. The molecule has 2 aromatic heterocycles. The number of aryl methyl sites for hydroxylation is 1. The van der Waals surface area contributed by atoms with E-state index in [2.05, 4.69) is 10.2 Å². The summed E-state index contributed by atoms with van der Waals surface area (Å²) in [5.74, 6) is -2.29. The molecule has 0 saturated heterocycles. The van der Waals surface area contributed by atoms with Crippen LogP contribution >= 0.6 is 0 Å². The van der Waals surface area contributed by atoms with Crippen molar-refractivity contribution in [3.63, 3.8) is 0 Å². The van der Waals surface area contributed by atoms with Gasteiger partial charge in [-0.15, -0.1) is 5.10 Å². The van der Waals surface area contributed by atoms with Crippen LogP contribution in [-0.4, -0.2) is 36.8 Å². The molecule has 1 fully saturated rings. The second kappa shape index (κ2) is 5.72. The minimum Gasteiger partial charge on any atom is -0.478 e. The van der Waals surface area contributed by atoms with E-state index in [4.69, 9.17) is 0 Å². The summed E-state index contributed by atoms with van der Waals surface area (Å²) in [6, 6.07) is 4.63. The van der Waals surface area contributed by atoms with E-state index in [-0.39, 0.29) is 24.4 Å². The van der Waals surface area contributed by atoms with Gasteiger partial charge in [-0.2, -0.15) is 23.1 Å². The van der Waals surface area contributed by atoms with Gasteiger partial charge in [0.1, 0.15) is 5.52 Å². The summed E-state index contributed by atoms with van der Waals surface area (Å²) in [5, 5.41) is 18.6. The number of carbonyl (C=O) groups is 1. The molecule has 0 radical (unpaired) electrons. The SMILES string of the molecule is Cn1nc2c3cc(C(=O)O)ccc3n([C@H]3CC[C@H](C(F)(F)F)CC3)c2n1. The van der Waals surface area contributed by atoms with Crippen LogP contribution in [0.25, 0.3) is 22.1 Å². The lowest BCUT2D eigenvalue weighted by molar-refractivity contribution is -0.183. The molecule has 0 aliphatic heterocycles. The number of fused-ring (bicyclic) bond motifs is 3. The van der Waals surface area contributed by atoms with Crippen molar-refractivity contribution in [1.29, 1.82) is 0 Å². The minimum absolute atomic E-state index is 0.0861. The lowest BCUT2D eigenvalue weighted by Gasteiger charge is -2.31. The standard InChI is InChI=1S/C17H17F3N4O2/c1-23-21-14-12-8-9(16(25)26)2-7-13(12)24(15(14)22-23)11-5-3-10(4-6-11)17(18,19)20/h2,7-8,10-11H,3-6H2,1H3,(H,25,26)/t10-,11-. The second-order valence-corrected chi connectivity index (χ2v) is 6.82. The van der Waals surface area contributed by atoms with E-state index >= 15 is 0 Å². The van der Waals surface area contributed by atoms with Gasteiger partial charge >= 0.3 is 12.1 Å². The second-order valence-electron chi connectivity index (χ2n) is 6.82. The Morgan fingerprint density at radius 1 is 1.19 bits per heavy atom. The fourth-order valence-electron chi connectivity index (χ4n) is 3.95. The molecule has 4 rings (SSSR count). The van der Waals surface area contributed by atoms with Crippen molar-refractivity contribution < 1.29 is 23.1 Å². The molecule has 0 bridgehead atoms. The van der Waals surface area contributed by atoms with E-state index in [9.17, 15) is 23.1 Å². The van der Waals surface area contributed by atoms with Crippen LogP contribution < -0.4 is 0 Å². The zero-order chi connectivity index (χ0) is 18.6. The summed E-state index contributed by atoms with van der Waals surface area (Å²) in [6.45, 7) is 0. The zero-order valence-corrected chi connectivity index (χ0v) is 14.0. The number of halogens is 3. The number of aromatic nitrogens is 4. The Bertz CT molecular complexity index is 997. The van der Waals surface area contributed by atoms with E-state index in [1.165, 1.54) is 10.9 Å². The Kier molecular flexibility index (Phi) is 3.71. The predicted molar refractivity (Wildman–Crippen MR) is 88.0 cm³/mol. The van der Waals surface area contributed by atoms with Crippen LogP contribution in [0.4, 0.5) is 13.2 Å². The third kappa shape index (κ3) is 2.62. The number of aromatic carboxylic acids is 1. The number of alkyl halides is 3. The van der Waals surface area contributed by atoms with E-state index < -0.39 is 18.1 Å². The quantitative estimate of drug-likeness (QED) is 0.746. The first-order valence-electron chi connectivity index (χ1n) is 8.40. The molecular formula is C17H17F3N4O2. The molecule has 0 spiro atoms. The van der Waals surface area contributed by atoms with Crippen molar-refractivity contribution in [2.24, 2.45) is 13.0 Å². The Morgan fingerprint density at radius 2 is 1.88 bits per heavy atom. The van der Waals surface area contributed by atoms with Gasteiger partial charge in [0.2, 0.25) is 0 Å². The van der Waals surface area contributed by atoms with Gasteiger partial charge in [-0.25, -0.2) is 4.79 Å². The number of carboxylic acid groups (broad SMARTS) is 1. The third-order valence-electron chi connectivity index (χ3n) is 5.21. The topological polar surface area (TPSA) is 72.9 Å². The van der Waals surface area contributed by atoms with Crippen molar-refractivity contribution >= 4 is 28.0 Å². The van der Waals surface area contributed by atoms with Crippen LogP contribution in [-0.2, 0) is 7.05 Å². The Hall–Kier alpha value is -2.58. The largest absolute Gasteiger partial charge is 0.478 e. The average molecular weight is 366 g/mol. The summed E-state index contributed by atoms with van der Waals surface area (Å²) in [7, 11) is 1.66. The van der Waals surface area contributed by atoms with Crippen LogP contribution in [0.5, 0.6) is 0 Å². The number of hydrogen-bond donors (Lipinski definition) is 1. The normalized spacial score (nSPS) is 21.5. The summed E-state index contributed by atoms with van der Waals surface area (Å²) in [4.78, 5) is 12.7. The molecule has 6 nitrogen and oxygen atoms in total. The fraction of sp³-hybridized carbons (Fsp3) is 0.471. The van der Waals surface area contributed by atoms with Crippen molar-refractivity contribution in [2.45, 2.75) is 37.9 Å². The molecule has 1 N–H and O–H groups in total. The molecule has 0 atom stereocenters. The zero-order valence-electron chi connectivity index (χ0n) is 14.0. The van der Waals surface area contributed by atoms with Crippen molar-refractivity contribution in [3.05, 3.63) is 23.8 Å². The number of hydrogen-bond acceptors (Lipinski definition) is 3. The van der Waals surface area contributed by atoms with E-state index in [1.54, 1.807) is 19.2 Å². The molecule has 1 saturated carbocycles. The monoisotopic (exact) mass is 366 g/mol. The van der Waals surface area contributed by atoms with Gasteiger partial charge in [-0.1, -0.05) is 0 Å². The Balaban J connectivity index is 1.80. The first-order valence-corrected chi connectivity index (χ1v) is 8.40. The van der Waals surface area contributed by atoms with E-state index in [0.29, 0.717) is 29.4 Å². The lowest BCUT2D eigenvalue weighted by Crippen LogP contribution is -2.28. The smallest absolute Gasteiger partial charge is 0.391 e. The maximum absolute atomic E-state index is 13.0. The highest BCUT2D eigenvalue weighted by atomic mass is 19.4. The summed E-state index contributed by atoms with van der Waals surface area (Å²) in [6.07, 6.45) is -3.17. The number of benzene rings is 1. The maximum atomic E-state index is 13.0. The number of nitrogens with zero attached hydrogens (tertiary/aromatic N) is 4. The summed E-state index contributed by atoms with van der Waals surface area (Å²) >= 11 is 0. The molecule has 0 unspecified atom stereocenters. The van der Waals surface area contributed by atoms with Gasteiger partial charge in [-0.05, 0) is 43.9 Å². The highest BCUT2D eigenvalue weighted by molar-refractivity contribution is 6.07. The molecule has 1 aliphatic rings. The maximum Gasteiger partial charge on any atom is 0.391 e. The van der Waals surface area contributed by atoms with Crippen LogP contribution in [0, 0.1) is 5.92 Å². The molecule has 0 amide bonds. The number of carboxylic acids is 1. The van der Waals surface area contributed by atoms with Gasteiger partial charge in [0.05, 0.1) is 17.0 Å².